The fraction of sp³-hybridized carbons (Fsp3) is 0.435. The van der Waals surface area contributed by atoms with Crippen LogP contribution in [0.5, 0.6) is 0 Å². The van der Waals surface area contributed by atoms with Gasteiger partial charge in [0.1, 0.15) is 23.9 Å². The molecule has 0 saturated carbocycles. The Morgan fingerprint density at radius 1 is 0.921 bits per heavy atom. The summed E-state index contributed by atoms with van der Waals surface area (Å²) in [5.41, 5.74) is 0. The molecular formula is C23H27O14P. The van der Waals surface area contributed by atoms with Gasteiger partial charge in [-0.2, -0.15) is 0 Å². The quantitative estimate of drug-likeness (QED) is 0.275. The van der Waals surface area contributed by atoms with Crippen LogP contribution in [-0.4, -0.2) is 36.2 Å². The van der Waals surface area contributed by atoms with Gasteiger partial charge in [-0.05, 0) is 40.3 Å². The number of hydrogen-bond acceptors (Lipinski definition) is 13. The number of esters is 2. The number of aryl methyl sites for hydroxylation is 1. The molecule has 15 heteroatoms. The molecule has 0 aromatic carbocycles. The highest BCUT2D eigenvalue weighted by atomic mass is 31.2. The Morgan fingerprint density at radius 2 is 1.50 bits per heavy atom. The highest BCUT2D eigenvalue weighted by molar-refractivity contribution is 7.52. The van der Waals surface area contributed by atoms with Crippen LogP contribution in [0.3, 0.4) is 0 Å². The summed E-state index contributed by atoms with van der Waals surface area (Å²) in [6, 6.07) is 0. The molecule has 14 nitrogen and oxygen atoms in total. The number of carbonyl (C=O) groups is 2. The highest BCUT2D eigenvalue weighted by Gasteiger charge is 2.33. The van der Waals surface area contributed by atoms with Gasteiger partial charge in [0.15, 0.2) is 30.5 Å². The van der Waals surface area contributed by atoms with Crippen molar-refractivity contribution >= 4 is 19.5 Å². The van der Waals surface area contributed by atoms with Crippen LogP contribution in [0.15, 0.2) is 61.7 Å². The van der Waals surface area contributed by atoms with Crippen molar-refractivity contribution in [2.75, 3.05) is 19.4 Å². The Morgan fingerprint density at radius 3 is 2.00 bits per heavy atom. The zero-order valence-electron chi connectivity index (χ0n) is 20.9. The molecule has 0 spiro atoms. The van der Waals surface area contributed by atoms with E-state index in [4.69, 9.17) is 37.4 Å². The lowest BCUT2D eigenvalue weighted by atomic mass is 10.1. The standard InChI is InChI=1S/C23H27O14P/c1-12-18(35-15(4)32-12)8-29-21(24)7-6-17(22(25)30-9-19-13(2)33-16(5)36-19)11-38(27,28)31-10-20-14(3)34-23(26)37-20/h17H,4-11H2,1-3H3,(H,27,28). The van der Waals surface area contributed by atoms with Crippen LogP contribution in [0.4, 0.5) is 0 Å². The maximum Gasteiger partial charge on any atom is 0.519 e. The van der Waals surface area contributed by atoms with Crippen molar-refractivity contribution in [3.63, 3.8) is 0 Å². The lowest BCUT2D eigenvalue weighted by molar-refractivity contribution is -0.149. The number of allylic oxidation sites excluding steroid dienone is 2. The summed E-state index contributed by atoms with van der Waals surface area (Å²) in [6.07, 6.45) is -1.22. The van der Waals surface area contributed by atoms with Crippen LogP contribution >= 0.6 is 7.60 Å². The van der Waals surface area contributed by atoms with E-state index in [2.05, 4.69) is 17.6 Å². The molecule has 2 aliphatic heterocycles. The fourth-order valence-electron chi connectivity index (χ4n) is 3.22. The Hall–Kier alpha value is -3.74. The summed E-state index contributed by atoms with van der Waals surface area (Å²) < 4.78 is 58.2. The van der Waals surface area contributed by atoms with Crippen molar-refractivity contribution in [3.05, 3.63) is 70.2 Å². The Balaban J connectivity index is 1.61. The van der Waals surface area contributed by atoms with Gasteiger partial charge in [0, 0.05) is 6.42 Å². The van der Waals surface area contributed by atoms with Crippen molar-refractivity contribution in [2.45, 2.75) is 40.2 Å². The van der Waals surface area contributed by atoms with E-state index in [0.29, 0.717) is 11.5 Å². The van der Waals surface area contributed by atoms with Gasteiger partial charge in [0.05, 0.1) is 12.1 Å². The minimum absolute atomic E-state index is 0.00728. The molecular weight excluding hydrogens is 531 g/mol. The molecule has 3 rings (SSSR count). The second-order valence-corrected chi connectivity index (χ2v) is 10.0. The van der Waals surface area contributed by atoms with E-state index < -0.39 is 44.0 Å². The minimum atomic E-state index is -4.45. The van der Waals surface area contributed by atoms with Crippen LogP contribution in [0.1, 0.15) is 38.2 Å². The van der Waals surface area contributed by atoms with E-state index in [1.165, 1.54) is 6.92 Å². The minimum Gasteiger partial charge on any atom is -0.457 e. The second-order valence-electron chi connectivity index (χ2n) is 8.14. The van der Waals surface area contributed by atoms with Crippen molar-refractivity contribution in [3.8, 4) is 0 Å². The molecule has 0 saturated heterocycles. The maximum atomic E-state index is 12.8. The zero-order chi connectivity index (χ0) is 28.0. The van der Waals surface area contributed by atoms with Crippen LogP contribution < -0.4 is 5.82 Å². The summed E-state index contributed by atoms with van der Waals surface area (Å²) in [4.78, 5) is 46.7. The van der Waals surface area contributed by atoms with Crippen molar-refractivity contribution < 1.29 is 60.8 Å². The molecule has 0 aliphatic carbocycles. The van der Waals surface area contributed by atoms with E-state index >= 15 is 0 Å². The van der Waals surface area contributed by atoms with Gasteiger partial charge >= 0.3 is 25.4 Å². The molecule has 1 aromatic rings. The summed E-state index contributed by atoms with van der Waals surface area (Å²) >= 11 is 0. The van der Waals surface area contributed by atoms with E-state index in [1.54, 1.807) is 13.8 Å². The monoisotopic (exact) mass is 558 g/mol. The van der Waals surface area contributed by atoms with Gasteiger partial charge in [-0.25, -0.2) is 4.79 Å². The molecule has 0 bridgehead atoms. The van der Waals surface area contributed by atoms with Gasteiger partial charge in [-0.15, -0.1) is 0 Å². The van der Waals surface area contributed by atoms with E-state index in [0.717, 1.165) is 0 Å². The SMILES string of the molecule is C=C1OC(C)=C(COC(=O)CCC(CP(=O)(O)OCc2oc(=O)oc2C)C(=O)OCC2=C(C)OC(=C)O2)O1. The molecule has 208 valence electrons. The van der Waals surface area contributed by atoms with Crippen LogP contribution in [0.2, 0.25) is 0 Å². The van der Waals surface area contributed by atoms with Crippen molar-refractivity contribution in [2.24, 2.45) is 5.92 Å². The molecule has 1 N–H and O–H groups in total. The molecule has 2 aliphatic rings. The summed E-state index contributed by atoms with van der Waals surface area (Å²) in [5, 5.41) is 0. The Kier molecular flexibility index (Phi) is 9.26. The first-order valence-electron chi connectivity index (χ1n) is 11.2. The van der Waals surface area contributed by atoms with E-state index in [1.807, 2.05) is 0 Å². The summed E-state index contributed by atoms with van der Waals surface area (Å²) in [7, 11) is -4.45. The Bertz CT molecular complexity index is 1280. The lowest BCUT2D eigenvalue weighted by Crippen LogP contribution is -2.24. The predicted octanol–water partition coefficient (Wildman–Crippen LogP) is 3.23. The first-order valence-corrected chi connectivity index (χ1v) is 13.0. The van der Waals surface area contributed by atoms with E-state index in [9.17, 15) is 23.8 Å². The van der Waals surface area contributed by atoms with Crippen molar-refractivity contribution in [1.29, 1.82) is 0 Å². The van der Waals surface area contributed by atoms with Gasteiger partial charge < -0.3 is 46.7 Å². The average molecular weight is 558 g/mol. The summed E-state index contributed by atoms with van der Waals surface area (Å²) in [6.45, 7) is 10.5. The van der Waals surface area contributed by atoms with Gasteiger partial charge in [0.25, 0.3) is 11.9 Å². The molecule has 3 heterocycles. The number of hydrogen-bond donors (Lipinski definition) is 1. The third-order valence-corrected chi connectivity index (χ3v) is 6.65. The first-order chi connectivity index (χ1) is 17.8. The highest BCUT2D eigenvalue weighted by Crippen LogP contribution is 2.46. The molecule has 0 amide bonds. The number of rotatable bonds is 13. The van der Waals surface area contributed by atoms with Crippen LogP contribution in [-0.2, 0) is 53.7 Å². The molecule has 38 heavy (non-hydrogen) atoms. The smallest absolute Gasteiger partial charge is 0.457 e. The zero-order valence-corrected chi connectivity index (χ0v) is 21.8. The van der Waals surface area contributed by atoms with Crippen LogP contribution in [0, 0.1) is 12.8 Å². The van der Waals surface area contributed by atoms with Gasteiger partial charge in [-0.1, -0.05) is 0 Å². The molecule has 0 radical (unpaired) electrons. The van der Waals surface area contributed by atoms with Crippen molar-refractivity contribution in [1.82, 2.24) is 0 Å². The third kappa shape index (κ3) is 8.13. The topological polar surface area (TPSA) is 179 Å². The first kappa shape index (κ1) is 28.8. The molecule has 2 unspecified atom stereocenters. The molecule has 2 atom stereocenters. The third-order valence-electron chi connectivity index (χ3n) is 5.22. The van der Waals surface area contributed by atoms with Crippen LogP contribution in [0.25, 0.3) is 0 Å². The van der Waals surface area contributed by atoms with Gasteiger partial charge in [0.2, 0.25) is 0 Å². The summed E-state index contributed by atoms with van der Waals surface area (Å²) in [5.74, 6) is -2.64. The van der Waals surface area contributed by atoms with Gasteiger partial charge in [-0.3, -0.25) is 14.2 Å². The fourth-order valence-corrected chi connectivity index (χ4v) is 4.54. The second kappa shape index (κ2) is 12.2. The normalized spacial score (nSPS) is 17.4. The maximum absolute atomic E-state index is 12.8. The Labute approximate surface area is 216 Å². The lowest BCUT2D eigenvalue weighted by Gasteiger charge is -2.19. The molecule has 1 aromatic heterocycles. The number of carbonyl (C=O) groups excluding carboxylic acids is 2. The predicted molar refractivity (Wildman–Crippen MR) is 124 cm³/mol. The largest absolute Gasteiger partial charge is 0.519 e. The average Bonchev–Trinajstić information content (AvgIpc) is 3.45. The van der Waals surface area contributed by atoms with E-state index in [-0.39, 0.29) is 61.0 Å². The number of ether oxygens (including phenoxy) is 6. The molecule has 0 fully saturated rings.